The summed E-state index contributed by atoms with van der Waals surface area (Å²) >= 11 is 0. The van der Waals surface area contributed by atoms with Gasteiger partial charge in [-0.3, -0.25) is 19.3 Å². The number of carbonyl (C=O) groups is 3. The zero-order valence-electron chi connectivity index (χ0n) is 26.5. The summed E-state index contributed by atoms with van der Waals surface area (Å²) in [5.74, 6) is -0.774. The highest BCUT2D eigenvalue weighted by atomic mass is 16.2. The average Bonchev–Trinajstić information content (AvgIpc) is 3.47. The Morgan fingerprint density at radius 2 is 1.44 bits per heavy atom. The molecule has 0 saturated carbocycles. The van der Waals surface area contributed by atoms with Crippen molar-refractivity contribution in [3.63, 3.8) is 0 Å². The van der Waals surface area contributed by atoms with Crippen LogP contribution in [-0.4, -0.2) is 64.8 Å². The molecule has 4 N–H and O–H groups in total. The number of nitrogens with zero attached hydrogens (tertiary/aromatic N) is 2. The van der Waals surface area contributed by atoms with E-state index in [9.17, 15) is 14.4 Å². The number of hydrogen-bond donors (Lipinski definition) is 3. The van der Waals surface area contributed by atoms with Crippen LogP contribution in [-0.2, 0) is 20.9 Å². The number of hydrogen-bond acceptors (Lipinski definition) is 5. The number of benzene rings is 3. The van der Waals surface area contributed by atoms with E-state index in [-0.39, 0.29) is 35.7 Å². The minimum absolute atomic E-state index is 0.0476. The molecule has 0 spiro atoms. The maximum Gasteiger partial charge on any atom is 0.246 e. The van der Waals surface area contributed by atoms with E-state index in [4.69, 9.17) is 5.73 Å². The van der Waals surface area contributed by atoms with Gasteiger partial charge in [0.25, 0.3) is 0 Å². The molecule has 45 heavy (non-hydrogen) atoms. The lowest BCUT2D eigenvalue weighted by atomic mass is 9.92. The van der Waals surface area contributed by atoms with Gasteiger partial charge in [0.2, 0.25) is 17.7 Å². The van der Waals surface area contributed by atoms with Crippen molar-refractivity contribution in [1.82, 2.24) is 20.4 Å². The van der Waals surface area contributed by atoms with Crippen LogP contribution in [0.2, 0.25) is 0 Å². The molecule has 5 atom stereocenters. The van der Waals surface area contributed by atoms with Crippen molar-refractivity contribution in [3.05, 3.63) is 108 Å². The summed E-state index contributed by atoms with van der Waals surface area (Å²) in [4.78, 5) is 45.9. The van der Waals surface area contributed by atoms with Crippen molar-refractivity contribution in [1.29, 1.82) is 0 Å². The van der Waals surface area contributed by atoms with Gasteiger partial charge in [-0.2, -0.15) is 0 Å². The molecule has 0 radical (unpaired) electrons. The van der Waals surface area contributed by atoms with Crippen LogP contribution in [0.15, 0.2) is 91.0 Å². The molecule has 3 amide bonds. The quantitative estimate of drug-likeness (QED) is 0.282. The second-order valence-electron chi connectivity index (χ2n) is 12.4. The summed E-state index contributed by atoms with van der Waals surface area (Å²) in [6.45, 7) is 6.21. The molecule has 2 heterocycles. The molecule has 3 aromatic rings. The first-order valence-corrected chi connectivity index (χ1v) is 16.4. The van der Waals surface area contributed by atoms with Crippen molar-refractivity contribution in [2.24, 2.45) is 11.7 Å². The van der Waals surface area contributed by atoms with Crippen molar-refractivity contribution in [2.75, 3.05) is 13.1 Å². The Morgan fingerprint density at radius 3 is 2.02 bits per heavy atom. The number of nitrogens with two attached hydrogens (primary N) is 1. The van der Waals surface area contributed by atoms with Crippen LogP contribution in [0.25, 0.3) is 0 Å². The van der Waals surface area contributed by atoms with E-state index < -0.39 is 18.1 Å². The van der Waals surface area contributed by atoms with Crippen LogP contribution in [0.4, 0.5) is 0 Å². The van der Waals surface area contributed by atoms with Crippen LogP contribution in [0.3, 0.4) is 0 Å². The summed E-state index contributed by atoms with van der Waals surface area (Å²) < 4.78 is 0. The van der Waals surface area contributed by atoms with Gasteiger partial charge in [-0.15, -0.1) is 0 Å². The second-order valence-corrected chi connectivity index (χ2v) is 12.4. The van der Waals surface area contributed by atoms with Crippen LogP contribution in [0.1, 0.15) is 68.7 Å². The molecule has 8 nitrogen and oxygen atoms in total. The van der Waals surface area contributed by atoms with Crippen LogP contribution < -0.4 is 16.4 Å². The zero-order chi connectivity index (χ0) is 31.8. The van der Waals surface area contributed by atoms with Crippen molar-refractivity contribution >= 4 is 17.7 Å². The Hall–Kier alpha value is -4.01. The monoisotopic (exact) mass is 609 g/mol. The molecule has 0 bridgehead atoms. The summed E-state index contributed by atoms with van der Waals surface area (Å²) in [5, 5.41) is 6.33. The lowest BCUT2D eigenvalue weighted by Crippen LogP contribution is -2.59. The van der Waals surface area contributed by atoms with Gasteiger partial charge in [0.15, 0.2) is 0 Å². The first-order valence-electron chi connectivity index (χ1n) is 16.4. The minimum Gasteiger partial charge on any atom is -0.343 e. The van der Waals surface area contributed by atoms with Gasteiger partial charge in [0.05, 0.1) is 12.1 Å². The molecule has 8 heteroatoms. The van der Waals surface area contributed by atoms with Crippen LogP contribution >= 0.6 is 0 Å². The molecule has 2 aliphatic heterocycles. The lowest BCUT2D eigenvalue weighted by molar-refractivity contribution is -0.144. The van der Waals surface area contributed by atoms with E-state index in [1.807, 2.05) is 85.8 Å². The van der Waals surface area contributed by atoms with Gasteiger partial charge in [-0.25, -0.2) is 0 Å². The Kier molecular flexibility index (Phi) is 11.0. The van der Waals surface area contributed by atoms with E-state index >= 15 is 0 Å². The summed E-state index contributed by atoms with van der Waals surface area (Å²) in [6.07, 6.45) is 3.39. The Balaban J connectivity index is 1.39. The Bertz CT molecular complexity index is 1360. The number of amides is 3. The predicted molar refractivity (Wildman–Crippen MR) is 177 cm³/mol. The van der Waals surface area contributed by atoms with Crippen molar-refractivity contribution < 1.29 is 14.4 Å². The number of rotatable bonds is 12. The number of fused-ring (bicyclic) bond motifs is 1. The third-order valence-electron chi connectivity index (χ3n) is 9.48. The van der Waals surface area contributed by atoms with E-state index in [1.54, 1.807) is 4.90 Å². The molecular formula is C37H47N5O3. The molecule has 0 aliphatic carbocycles. The van der Waals surface area contributed by atoms with Crippen LogP contribution in [0.5, 0.6) is 0 Å². The predicted octanol–water partition coefficient (Wildman–Crippen LogP) is 4.41. The van der Waals surface area contributed by atoms with E-state index in [2.05, 4.69) is 34.6 Å². The third-order valence-corrected chi connectivity index (χ3v) is 9.48. The highest BCUT2D eigenvalue weighted by Crippen LogP contribution is 2.35. The zero-order valence-corrected chi connectivity index (χ0v) is 26.5. The number of carbonyl (C=O) groups excluding carboxylic acids is 3. The fraction of sp³-hybridized carbons (Fsp3) is 0.432. The molecule has 2 aliphatic rings. The summed E-state index contributed by atoms with van der Waals surface area (Å²) in [7, 11) is 0. The fourth-order valence-corrected chi connectivity index (χ4v) is 6.88. The first kappa shape index (κ1) is 32.4. The van der Waals surface area contributed by atoms with E-state index in [1.165, 1.54) is 5.56 Å². The normalized spacial score (nSPS) is 22.2. The first-order chi connectivity index (χ1) is 21.9. The molecule has 5 rings (SSSR count). The molecule has 0 aromatic heterocycles. The second kappa shape index (κ2) is 15.3. The SMILES string of the molecule is CC[C@H](N)C(=O)NC1C(=O)N2C(CCC1CN(CC)Cc1ccccc1)CCC2C(=O)NC(c1ccccc1)c1ccccc1. The van der Waals surface area contributed by atoms with E-state index in [0.717, 1.165) is 43.5 Å². The number of nitrogens with one attached hydrogen (secondary N) is 2. The van der Waals surface area contributed by atoms with E-state index in [0.29, 0.717) is 19.4 Å². The Morgan fingerprint density at radius 1 is 0.867 bits per heavy atom. The average molecular weight is 610 g/mol. The standard InChI is InChI=1S/C37H47N5O3/c1-3-31(38)35(43)40-34-29(25-41(4-2)24-26-14-8-5-9-15-26)20-21-30-22-23-32(42(30)37(34)45)36(44)39-33(27-16-10-6-11-17-27)28-18-12-7-13-19-28/h5-19,29-34H,3-4,20-25,38H2,1-2H3,(H,39,44)(H,40,43)/t29?,30?,31-,32?,34?/m0/s1. The van der Waals surface area contributed by atoms with Crippen molar-refractivity contribution in [3.8, 4) is 0 Å². The smallest absolute Gasteiger partial charge is 0.246 e. The maximum atomic E-state index is 14.5. The van der Waals surface area contributed by atoms with Gasteiger partial charge in [0.1, 0.15) is 12.1 Å². The van der Waals surface area contributed by atoms with Gasteiger partial charge >= 0.3 is 0 Å². The van der Waals surface area contributed by atoms with Gasteiger partial charge in [-0.1, -0.05) is 105 Å². The molecule has 4 unspecified atom stereocenters. The van der Waals surface area contributed by atoms with Crippen molar-refractivity contribution in [2.45, 2.75) is 82.7 Å². The summed E-state index contributed by atoms with van der Waals surface area (Å²) in [5.41, 5.74) is 9.29. The fourth-order valence-electron chi connectivity index (χ4n) is 6.88. The molecule has 238 valence electrons. The largest absolute Gasteiger partial charge is 0.343 e. The maximum absolute atomic E-state index is 14.5. The topological polar surface area (TPSA) is 108 Å². The minimum atomic E-state index is -0.752. The summed E-state index contributed by atoms with van der Waals surface area (Å²) in [6, 6.07) is 27.7. The van der Waals surface area contributed by atoms with Gasteiger partial charge < -0.3 is 21.3 Å². The van der Waals surface area contributed by atoms with Crippen LogP contribution in [0, 0.1) is 5.92 Å². The highest BCUT2D eigenvalue weighted by Gasteiger charge is 2.48. The molecular weight excluding hydrogens is 562 g/mol. The molecule has 3 aromatic carbocycles. The van der Waals surface area contributed by atoms with Gasteiger partial charge in [-0.05, 0) is 55.3 Å². The molecule has 2 saturated heterocycles. The highest BCUT2D eigenvalue weighted by molar-refractivity contribution is 5.94. The van der Waals surface area contributed by atoms with Gasteiger partial charge in [0, 0.05) is 25.0 Å². The molecule has 2 fully saturated rings. The lowest BCUT2D eigenvalue weighted by Gasteiger charge is -2.34. The third kappa shape index (κ3) is 7.81. The Labute approximate surface area is 267 Å².